The van der Waals surface area contributed by atoms with Crippen molar-refractivity contribution in [1.29, 1.82) is 0 Å². The molecule has 0 spiro atoms. The highest BCUT2D eigenvalue weighted by Gasteiger charge is 2.12. The maximum Gasteiger partial charge on any atom is 0.265 e. The first-order valence-electron chi connectivity index (χ1n) is 6.52. The quantitative estimate of drug-likeness (QED) is 0.743. The third-order valence-electron chi connectivity index (χ3n) is 3.05. The zero-order chi connectivity index (χ0) is 15.5. The van der Waals surface area contributed by atoms with E-state index in [2.05, 4.69) is 5.32 Å². The second-order valence-electron chi connectivity index (χ2n) is 4.55. The van der Waals surface area contributed by atoms with Gasteiger partial charge in [0.15, 0.2) is 0 Å². The van der Waals surface area contributed by atoms with Crippen LogP contribution in [0, 0.1) is 0 Å². The van der Waals surface area contributed by atoms with Crippen molar-refractivity contribution in [3.63, 3.8) is 0 Å². The molecule has 0 radical (unpaired) electrons. The highest BCUT2D eigenvalue weighted by molar-refractivity contribution is 7.12. The predicted octanol–water partition coefficient (Wildman–Crippen LogP) is 4.41. The van der Waals surface area contributed by atoms with Crippen molar-refractivity contribution >= 4 is 34.5 Å². The minimum Gasteiger partial charge on any atom is -0.459 e. The number of carbonyl (C=O) groups excluding carboxylic acids is 1. The molecule has 2 N–H and O–H groups in total. The number of thiophene rings is 1. The molecule has 0 saturated heterocycles. The number of aliphatic hydroxyl groups excluding tert-OH is 1. The number of furan rings is 1. The average Bonchev–Trinajstić information content (AvgIpc) is 3.20. The lowest BCUT2D eigenvalue weighted by molar-refractivity contribution is 0.103. The van der Waals surface area contributed by atoms with Crippen molar-refractivity contribution in [2.24, 2.45) is 0 Å². The fourth-order valence-electron chi connectivity index (χ4n) is 2.00. The molecule has 0 unspecified atom stereocenters. The molecule has 1 aromatic carbocycles. The van der Waals surface area contributed by atoms with Crippen molar-refractivity contribution in [1.82, 2.24) is 0 Å². The van der Waals surface area contributed by atoms with Gasteiger partial charge in [0.1, 0.15) is 18.1 Å². The van der Waals surface area contributed by atoms with E-state index in [0.717, 1.165) is 0 Å². The Kier molecular flexibility index (Phi) is 4.29. The van der Waals surface area contributed by atoms with Gasteiger partial charge in [-0.05, 0) is 41.8 Å². The highest BCUT2D eigenvalue weighted by atomic mass is 35.5. The van der Waals surface area contributed by atoms with Gasteiger partial charge in [0.2, 0.25) is 0 Å². The molecule has 0 atom stereocenters. The number of halogens is 1. The molecule has 0 saturated carbocycles. The lowest BCUT2D eigenvalue weighted by atomic mass is 10.1. The van der Waals surface area contributed by atoms with Gasteiger partial charge >= 0.3 is 0 Å². The monoisotopic (exact) mass is 333 g/mol. The molecule has 1 amide bonds. The summed E-state index contributed by atoms with van der Waals surface area (Å²) in [6, 6.07) is 12.2. The molecule has 112 valence electrons. The molecule has 0 aliphatic heterocycles. The van der Waals surface area contributed by atoms with Gasteiger partial charge in [0.25, 0.3) is 5.91 Å². The fraction of sp³-hybridized carbons (Fsp3) is 0.0625. The van der Waals surface area contributed by atoms with E-state index in [1.807, 2.05) is 11.4 Å². The molecule has 3 aromatic rings. The SMILES string of the molecule is O=C(Nc1ccc(Cl)c(-c2ccc(CO)o2)c1)c1cccs1. The van der Waals surface area contributed by atoms with Crippen molar-refractivity contribution in [2.75, 3.05) is 5.32 Å². The number of hydrogen-bond donors (Lipinski definition) is 2. The van der Waals surface area contributed by atoms with Crippen LogP contribution in [0.5, 0.6) is 0 Å². The first-order chi connectivity index (χ1) is 10.7. The molecule has 2 aromatic heterocycles. The van der Waals surface area contributed by atoms with E-state index in [9.17, 15) is 4.79 Å². The molecule has 4 nitrogen and oxygen atoms in total. The third kappa shape index (κ3) is 3.06. The molecule has 22 heavy (non-hydrogen) atoms. The molecule has 0 bridgehead atoms. The number of carbonyl (C=O) groups is 1. The zero-order valence-electron chi connectivity index (χ0n) is 11.4. The van der Waals surface area contributed by atoms with Crippen LogP contribution in [0.2, 0.25) is 5.02 Å². The summed E-state index contributed by atoms with van der Waals surface area (Å²) in [7, 11) is 0. The second-order valence-corrected chi connectivity index (χ2v) is 5.91. The largest absolute Gasteiger partial charge is 0.459 e. The average molecular weight is 334 g/mol. The van der Waals surface area contributed by atoms with Gasteiger partial charge < -0.3 is 14.8 Å². The predicted molar refractivity (Wildman–Crippen MR) is 87.3 cm³/mol. The maximum atomic E-state index is 12.1. The second kappa shape index (κ2) is 6.36. The lowest BCUT2D eigenvalue weighted by Gasteiger charge is -2.07. The molecular weight excluding hydrogens is 322 g/mol. The standard InChI is InChI=1S/C16H12ClNO3S/c17-13-5-3-10(18-16(20)15-2-1-7-22-15)8-12(13)14-6-4-11(9-19)21-14/h1-8,19H,9H2,(H,18,20). The Balaban J connectivity index is 1.88. The third-order valence-corrected chi connectivity index (χ3v) is 4.25. The number of hydrogen-bond acceptors (Lipinski definition) is 4. The first-order valence-corrected chi connectivity index (χ1v) is 7.77. The Morgan fingerprint density at radius 1 is 1.27 bits per heavy atom. The Morgan fingerprint density at radius 2 is 2.14 bits per heavy atom. The number of amides is 1. The summed E-state index contributed by atoms with van der Waals surface area (Å²) >= 11 is 7.56. The van der Waals surface area contributed by atoms with Crippen LogP contribution in [-0.2, 0) is 6.61 Å². The van der Waals surface area contributed by atoms with E-state index in [4.69, 9.17) is 21.1 Å². The van der Waals surface area contributed by atoms with E-state index in [1.165, 1.54) is 11.3 Å². The normalized spacial score (nSPS) is 10.6. The summed E-state index contributed by atoms with van der Waals surface area (Å²) in [5.74, 6) is 0.833. The number of anilines is 1. The summed E-state index contributed by atoms with van der Waals surface area (Å²) in [6.07, 6.45) is 0. The van der Waals surface area contributed by atoms with E-state index >= 15 is 0 Å². The summed E-state index contributed by atoms with van der Waals surface area (Å²) in [6.45, 7) is -0.174. The minimum absolute atomic E-state index is 0.168. The number of rotatable bonds is 4. The molecule has 0 aliphatic carbocycles. The van der Waals surface area contributed by atoms with Gasteiger partial charge in [0.05, 0.1) is 9.90 Å². The molecule has 0 fully saturated rings. The van der Waals surface area contributed by atoms with Crippen molar-refractivity contribution < 1.29 is 14.3 Å². The smallest absolute Gasteiger partial charge is 0.265 e. The minimum atomic E-state index is -0.174. The molecule has 2 heterocycles. The van der Waals surface area contributed by atoms with Crippen molar-refractivity contribution in [3.05, 3.63) is 63.5 Å². The van der Waals surface area contributed by atoms with Gasteiger partial charge in [-0.3, -0.25) is 4.79 Å². The van der Waals surface area contributed by atoms with Crippen LogP contribution in [0.4, 0.5) is 5.69 Å². The lowest BCUT2D eigenvalue weighted by Crippen LogP contribution is -2.09. The summed E-state index contributed by atoms with van der Waals surface area (Å²) in [5.41, 5.74) is 1.28. The molecule has 0 aliphatic rings. The fourth-order valence-corrected chi connectivity index (χ4v) is 2.83. The van der Waals surface area contributed by atoms with Gasteiger partial charge in [-0.25, -0.2) is 0 Å². The summed E-state index contributed by atoms with van der Waals surface area (Å²) < 4.78 is 5.49. The first kappa shape index (κ1) is 14.8. The van der Waals surface area contributed by atoms with Crippen LogP contribution in [0.1, 0.15) is 15.4 Å². The molecule has 6 heteroatoms. The number of aliphatic hydroxyl groups is 1. The Bertz CT molecular complexity index is 796. The van der Waals surface area contributed by atoms with E-state index in [1.54, 1.807) is 36.4 Å². The Hall–Kier alpha value is -2.08. The van der Waals surface area contributed by atoms with Crippen LogP contribution in [0.3, 0.4) is 0 Å². The zero-order valence-corrected chi connectivity index (χ0v) is 12.9. The van der Waals surface area contributed by atoms with Crippen molar-refractivity contribution in [2.45, 2.75) is 6.61 Å². The molecular formula is C16H12ClNO3S. The number of benzene rings is 1. The van der Waals surface area contributed by atoms with Crippen LogP contribution in [0.15, 0.2) is 52.3 Å². The Labute approximate surface area is 136 Å². The van der Waals surface area contributed by atoms with Gasteiger partial charge in [-0.15, -0.1) is 11.3 Å². The van der Waals surface area contributed by atoms with E-state index < -0.39 is 0 Å². The topological polar surface area (TPSA) is 62.5 Å². The van der Waals surface area contributed by atoms with Gasteiger partial charge in [-0.1, -0.05) is 17.7 Å². The van der Waals surface area contributed by atoms with Crippen LogP contribution in [-0.4, -0.2) is 11.0 Å². The van der Waals surface area contributed by atoms with Crippen molar-refractivity contribution in [3.8, 4) is 11.3 Å². The highest BCUT2D eigenvalue weighted by Crippen LogP contribution is 2.32. The Morgan fingerprint density at radius 3 is 2.82 bits per heavy atom. The summed E-state index contributed by atoms with van der Waals surface area (Å²) in [4.78, 5) is 12.7. The van der Waals surface area contributed by atoms with Gasteiger partial charge in [0, 0.05) is 11.3 Å². The van der Waals surface area contributed by atoms with Crippen LogP contribution in [0.25, 0.3) is 11.3 Å². The van der Waals surface area contributed by atoms with E-state index in [-0.39, 0.29) is 12.5 Å². The van der Waals surface area contributed by atoms with Crippen LogP contribution >= 0.6 is 22.9 Å². The maximum absolute atomic E-state index is 12.1. The molecule has 3 rings (SSSR count). The summed E-state index contributed by atoms with van der Waals surface area (Å²) in [5, 5.41) is 14.2. The van der Waals surface area contributed by atoms with Gasteiger partial charge in [-0.2, -0.15) is 0 Å². The van der Waals surface area contributed by atoms with Crippen LogP contribution < -0.4 is 5.32 Å². The van der Waals surface area contributed by atoms with E-state index in [0.29, 0.717) is 32.7 Å². The number of nitrogens with one attached hydrogen (secondary N) is 1.